The summed E-state index contributed by atoms with van der Waals surface area (Å²) in [4.78, 5) is 15.8. The third kappa shape index (κ3) is 3.40. The first-order chi connectivity index (χ1) is 11.8. The van der Waals surface area contributed by atoms with Gasteiger partial charge in [0.1, 0.15) is 5.75 Å². The minimum atomic E-state index is -0.0331. The molecule has 3 atom stereocenters. The van der Waals surface area contributed by atoms with Crippen LogP contribution in [-0.4, -0.2) is 62.2 Å². The highest BCUT2D eigenvalue weighted by Gasteiger charge is 2.60. The summed E-state index contributed by atoms with van der Waals surface area (Å²) < 4.78 is 11.7. The molecular formula is C20H30N2O3. The molecule has 3 unspecified atom stereocenters. The maximum absolute atomic E-state index is 11.8. The molecule has 25 heavy (non-hydrogen) atoms. The van der Waals surface area contributed by atoms with Gasteiger partial charge in [0.25, 0.3) is 5.91 Å². The van der Waals surface area contributed by atoms with Crippen molar-refractivity contribution in [2.24, 2.45) is 11.3 Å². The van der Waals surface area contributed by atoms with E-state index in [1.54, 1.807) is 19.0 Å². The van der Waals surface area contributed by atoms with Gasteiger partial charge in [0, 0.05) is 50.2 Å². The van der Waals surface area contributed by atoms with Crippen LogP contribution >= 0.6 is 0 Å². The van der Waals surface area contributed by atoms with Gasteiger partial charge in [-0.15, -0.1) is 0 Å². The van der Waals surface area contributed by atoms with E-state index in [2.05, 4.69) is 31.9 Å². The summed E-state index contributed by atoms with van der Waals surface area (Å²) in [6.07, 6.45) is 1.54. The van der Waals surface area contributed by atoms with Crippen LogP contribution in [0.5, 0.6) is 5.75 Å². The molecule has 0 spiro atoms. The predicted octanol–water partition coefficient (Wildman–Crippen LogP) is 2.40. The molecule has 5 nitrogen and oxygen atoms in total. The minimum Gasteiger partial charge on any atom is -0.483 e. The Bertz CT molecular complexity index is 629. The molecule has 1 aromatic carbocycles. The summed E-state index contributed by atoms with van der Waals surface area (Å²) in [6, 6.07) is 8.51. The van der Waals surface area contributed by atoms with Gasteiger partial charge < -0.3 is 14.4 Å². The van der Waals surface area contributed by atoms with E-state index in [-0.39, 0.29) is 17.9 Å². The van der Waals surface area contributed by atoms with Crippen molar-refractivity contribution >= 4 is 5.91 Å². The van der Waals surface area contributed by atoms with Gasteiger partial charge in [-0.25, -0.2) is 0 Å². The predicted molar refractivity (Wildman–Crippen MR) is 97.5 cm³/mol. The van der Waals surface area contributed by atoms with Gasteiger partial charge in [-0.1, -0.05) is 32.0 Å². The monoisotopic (exact) mass is 346 g/mol. The zero-order chi connectivity index (χ0) is 18.2. The lowest BCUT2D eigenvalue weighted by molar-refractivity contribution is -0.151. The summed E-state index contributed by atoms with van der Waals surface area (Å²) >= 11 is 0. The van der Waals surface area contributed by atoms with Gasteiger partial charge in [0.15, 0.2) is 6.61 Å². The number of amides is 1. The average Bonchev–Trinajstić information content (AvgIpc) is 2.99. The van der Waals surface area contributed by atoms with Crippen LogP contribution in [0.4, 0.5) is 0 Å². The fourth-order valence-corrected chi connectivity index (χ4v) is 4.60. The summed E-state index contributed by atoms with van der Waals surface area (Å²) in [5, 5.41) is 0. The van der Waals surface area contributed by atoms with Crippen LogP contribution in [0.15, 0.2) is 24.3 Å². The molecule has 1 saturated heterocycles. The lowest BCUT2D eigenvalue weighted by Gasteiger charge is -2.58. The fraction of sp³-hybridized carbons (Fsp3) is 0.650. The number of carbonyl (C=O) groups is 1. The first-order valence-corrected chi connectivity index (χ1v) is 9.05. The Hall–Kier alpha value is -1.59. The van der Waals surface area contributed by atoms with Gasteiger partial charge in [0.05, 0.1) is 6.10 Å². The number of ether oxygens (including phenoxy) is 2. The molecular weight excluding hydrogens is 316 g/mol. The topological polar surface area (TPSA) is 42.0 Å². The molecule has 0 radical (unpaired) electrons. The van der Waals surface area contributed by atoms with Crippen molar-refractivity contribution in [3.8, 4) is 5.75 Å². The van der Waals surface area contributed by atoms with Crippen molar-refractivity contribution in [3.63, 3.8) is 0 Å². The zero-order valence-electron chi connectivity index (χ0n) is 16.0. The Balaban J connectivity index is 1.67. The number of likely N-dealkylation sites (N-methyl/N-ethyl adjacent to an activating group) is 1. The number of benzene rings is 1. The number of fused-ring (bicyclic) bond motifs is 1. The van der Waals surface area contributed by atoms with Crippen molar-refractivity contribution in [1.29, 1.82) is 0 Å². The van der Waals surface area contributed by atoms with Crippen LogP contribution in [0.3, 0.4) is 0 Å². The summed E-state index contributed by atoms with van der Waals surface area (Å²) in [5.74, 6) is 1.39. The molecule has 138 valence electrons. The van der Waals surface area contributed by atoms with Gasteiger partial charge in [0.2, 0.25) is 0 Å². The van der Waals surface area contributed by atoms with E-state index < -0.39 is 0 Å². The molecule has 1 heterocycles. The molecule has 1 saturated carbocycles. The van der Waals surface area contributed by atoms with Gasteiger partial charge in [-0.05, 0) is 19.5 Å². The van der Waals surface area contributed by atoms with Crippen LogP contribution in [0, 0.1) is 11.3 Å². The van der Waals surface area contributed by atoms with Crippen molar-refractivity contribution in [2.45, 2.75) is 39.0 Å². The molecule has 1 aromatic rings. The van der Waals surface area contributed by atoms with E-state index in [9.17, 15) is 4.79 Å². The third-order valence-electron chi connectivity index (χ3n) is 5.76. The average molecular weight is 346 g/mol. The molecule has 0 aromatic heterocycles. The number of carbonyl (C=O) groups excluding carboxylic acids is 1. The standard InChI is InChI=1S/C20H30N2O3/c1-20(2)18(15-10-11-24-19(15)20)22(5)12-14-8-6-7-9-16(14)25-13-17(23)21(3)4/h6-9,15,18-19H,10-13H2,1-5H3. The number of hydrogen-bond acceptors (Lipinski definition) is 4. The molecule has 2 aliphatic rings. The number of nitrogens with zero attached hydrogens (tertiary/aromatic N) is 2. The second-order valence-corrected chi connectivity index (χ2v) is 8.11. The molecule has 1 aliphatic carbocycles. The van der Waals surface area contributed by atoms with Crippen LogP contribution in [-0.2, 0) is 16.1 Å². The first kappa shape index (κ1) is 18.2. The SMILES string of the molecule is CN(C)C(=O)COc1ccccc1CN(C)C1C2CCOC2C1(C)C. The Labute approximate surface area is 150 Å². The Morgan fingerprint density at radius 3 is 2.72 bits per heavy atom. The van der Waals surface area contributed by atoms with Crippen LogP contribution < -0.4 is 4.74 Å². The van der Waals surface area contributed by atoms with Crippen LogP contribution in [0.2, 0.25) is 0 Å². The van der Waals surface area contributed by atoms with E-state index in [0.717, 1.165) is 30.9 Å². The number of rotatable bonds is 6. The molecule has 3 rings (SSSR count). The van der Waals surface area contributed by atoms with E-state index >= 15 is 0 Å². The maximum Gasteiger partial charge on any atom is 0.259 e. The number of hydrogen-bond donors (Lipinski definition) is 0. The van der Waals surface area contributed by atoms with Gasteiger partial charge in [-0.3, -0.25) is 9.69 Å². The highest BCUT2D eigenvalue weighted by molar-refractivity contribution is 5.77. The van der Waals surface area contributed by atoms with E-state index in [4.69, 9.17) is 9.47 Å². The van der Waals surface area contributed by atoms with Crippen LogP contribution in [0.25, 0.3) is 0 Å². The molecule has 2 fully saturated rings. The van der Waals surface area contributed by atoms with Crippen molar-refractivity contribution in [1.82, 2.24) is 9.80 Å². The summed E-state index contributed by atoms with van der Waals surface area (Å²) in [7, 11) is 5.66. The second kappa shape index (κ2) is 6.96. The molecule has 0 N–H and O–H groups in total. The number of para-hydroxylation sites is 1. The Morgan fingerprint density at radius 1 is 1.28 bits per heavy atom. The quantitative estimate of drug-likeness (QED) is 0.793. The summed E-state index contributed by atoms with van der Waals surface area (Å²) in [6.45, 7) is 6.37. The molecule has 5 heteroatoms. The maximum atomic E-state index is 11.8. The van der Waals surface area contributed by atoms with E-state index in [0.29, 0.717) is 18.1 Å². The largest absolute Gasteiger partial charge is 0.483 e. The van der Waals surface area contributed by atoms with E-state index in [1.165, 1.54) is 0 Å². The Kier molecular flexibility index (Phi) is 5.07. The summed E-state index contributed by atoms with van der Waals surface area (Å²) in [5.41, 5.74) is 1.29. The minimum absolute atomic E-state index is 0.0331. The normalized spacial score (nSPS) is 26.9. The molecule has 1 aliphatic heterocycles. The van der Waals surface area contributed by atoms with Crippen molar-refractivity contribution in [3.05, 3.63) is 29.8 Å². The highest BCUT2D eigenvalue weighted by atomic mass is 16.5. The lowest BCUT2D eigenvalue weighted by Crippen LogP contribution is -2.65. The second-order valence-electron chi connectivity index (χ2n) is 8.11. The third-order valence-corrected chi connectivity index (χ3v) is 5.76. The van der Waals surface area contributed by atoms with Crippen molar-refractivity contribution in [2.75, 3.05) is 34.4 Å². The smallest absolute Gasteiger partial charge is 0.259 e. The highest BCUT2D eigenvalue weighted by Crippen LogP contribution is 2.54. The van der Waals surface area contributed by atoms with E-state index in [1.807, 2.05) is 18.2 Å². The first-order valence-electron chi connectivity index (χ1n) is 9.05. The molecule has 1 amide bonds. The molecule has 0 bridgehead atoms. The fourth-order valence-electron chi connectivity index (χ4n) is 4.60. The van der Waals surface area contributed by atoms with Gasteiger partial charge in [-0.2, -0.15) is 0 Å². The zero-order valence-corrected chi connectivity index (χ0v) is 16.0. The van der Waals surface area contributed by atoms with Crippen LogP contribution in [0.1, 0.15) is 25.8 Å². The van der Waals surface area contributed by atoms with Crippen molar-refractivity contribution < 1.29 is 14.3 Å². The lowest BCUT2D eigenvalue weighted by atomic mass is 9.57. The Morgan fingerprint density at radius 2 is 2.00 bits per heavy atom. The van der Waals surface area contributed by atoms with Gasteiger partial charge >= 0.3 is 0 Å².